The van der Waals surface area contributed by atoms with Crippen molar-refractivity contribution >= 4 is 17.9 Å². The molecule has 0 atom stereocenters. The smallest absolute Gasteiger partial charge is 0.317 e. The lowest BCUT2D eigenvalue weighted by molar-refractivity contribution is -0.140. The van der Waals surface area contributed by atoms with Crippen LogP contribution in [0, 0.1) is 6.92 Å². The van der Waals surface area contributed by atoms with Gasteiger partial charge < -0.3 is 15.3 Å². The summed E-state index contributed by atoms with van der Waals surface area (Å²) < 4.78 is 0. The summed E-state index contributed by atoms with van der Waals surface area (Å²) in [6, 6.07) is 18.1. The molecule has 1 aliphatic heterocycles. The molecule has 0 unspecified atom stereocenters. The molecule has 3 aromatic rings. The van der Waals surface area contributed by atoms with Crippen LogP contribution in [-0.2, 0) is 20.9 Å². The Labute approximate surface area is 257 Å². The molecule has 12 nitrogen and oxygen atoms in total. The van der Waals surface area contributed by atoms with Crippen LogP contribution in [0.3, 0.4) is 0 Å². The quantitative estimate of drug-likeness (QED) is 0.311. The highest BCUT2D eigenvalue weighted by Gasteiger charge is 2.20. The van der Waals surface area contributed by atoms with Crippen molar-refractivity contribution < 1.29 is 29.7 Å². The van der Waals surface area contributed by atoms with E-state index in [1.807, 2.05) is 46.3 Å². The molecule has 0 saturated carbocycles. The maximum atomic E-state index is 11.6. The van der Waals surface area contributed by atoms with Gasteiger partial charge in [0, 0.05) is 70.7 Å². The van der Waals surface area contributed by atoms with E-state index in [0.29, 0.717) is 58.9 Å². The third-order valence-corrected chi connectivity index (χ3v) is 7.61. The molecule has 4 rings (SSSR count). The number of carboxylic acid groups (broad SMARTS) is 3. The van der Waals surface area contributed by atoms with Gasteiger partial charge in [-0.3, -0.25) is 39.0 Å². The van der Waals surface area contributed by atoms with Gasteiger partial charge in [-0.2, -0.15) is 0 Å². The monoisotopic (exact) mass is 604 g/mol. The van der Waals surface area contributed by atoms with E-state index in [0.717, 1.165) is 28.2 Å². The molecule has 44 heavy (non-hydrogen) atoms. The number of aromatic nitrogens is 2. The highest BCUT2D eigenvalue weighted by atomic mass is 16.4. The average Bonchev–Trinajstić information content (AvgIpc) is 2.98. The van der Waals surface area contributed by atoms with Crippen LogP contribution in [0.2, 0.25) is 0 Å². The number of benzene rings is 1. The van der Waals surface area contributed by atoms with Crippen LogP contribution >= 0.6 is 0 Å². The first-order valence-corrected chi connectivity index (χ1v) is 14.7. The molecule has 3 N–H and O–H groups in total. The highest BCUT2D eigenvalue weighted by Crippen LogP contribution is 2.22. The summed E-state index contributed by atoms with van der Waals surface area (Å²) >= 11 is 0. The van der Waals surface area contributed by atoms with Gasteiger partial charge in [0.15, 0.2) is 0 Å². The summed E-state index contributed by atoms with van der Waals surface area (Å²) in [5.41, 5.74) is 5.63. The molecule has 1 fully saturated rings. The van der Waals surface area contributed by atoms with Crippen molar-refractivity contribution in [3.8, 4) is 22.5 Å². The lowest BCUT2D eigenvalue weighted by atomic mass is 10.1. The summed E-state index contributed by atoms with van der Waals surface area (Å²) in [4.78, 5) is 51.6. The van der Waals surface area contributed by atoms with Crippen molar-refractivity contribution in [1.82, 2.24) is 29.6 Å². The maximum absolute atomic E-state index is 11.6. The van der Waals surface area contributed by atoms with Gasteiger partial charge in [-0.1, -0.05) is 42.0 Å². The van der Waals surface area contributed by atoms with E-state index in [1.165, 1.54) is 5.56 Å². The molecule has 0 aliphatic carbocycles. The fourth-order valence-corrected chi connectivity index (χ4v) is 5.19. The molecule has 0 amide bonds. The minimum absolute atomic E-state index is 0.155. The summed E-state index contributed by atoms with van der Waals surface area (Å²) in [6.07, 6.45) is 1.84. The average molecular weight is 605 g/mol. The molecule has 1 saturated heterocycles. The number of carboxylic acids is 3. The molecule has 0 bridgehead atoms. The van der Waals surface area contributed by atoms with Gasteiger partial charge in [0.2, 0.25) is 0 Å². The zero-order chi connectivity index (χ0) is 31.5. The number of rotatable bonds is 10. The van der Waals surface area contributed by atoms with Crippen LogP contribution in [-0.4, -0.2) is 135 Å². The Kier molecular flexibility index (Phi) is 11.9. The fourth-order valence-electron chi connectivity index (χ4n) is 5.19. The zero-order valence-corrected chi connectivity index (χ0v) is 25.0. The zero-order valence-electron chi connectivity index (χ0n) is 25.0. The molecule has 3 heterocycles. The van der Waals surface area contributed by atoms with Crippen LogP contribution in [0.5, 0.6) is 0 Å². The minimum atomic E-state index is -0.982. The van der Waals surface area contributed by atoms with Crippen molar-refractivity contribution in [3.63, 3.8) is 0 Å². The van der Waals surface area contributed by atoms with Gasteiger partial charge in [0.25, 0.3) is 0 Å². The molecule has 234 valence electrons. The van der Waals surface area contributed by atoms with Crippen LogP contribution < -0.4 is 0 Å². The van der Waals surface area contributed by atoms with Crippen LogP contribution in [0.25, 0.3) is 22.5 Å². The summed E-state index contributed by atoms with van der Waals surface area (Å²) in [5, 5.41) is 28.3. The normalized spacial score (nSPS) is 16.6. The Bertz CT molecular complexity index is 1370. The third kappa shape index (κ3) is 10.5. The van der Waals surface area contributed by atoms with E-state index in [4.69, 9.17) is 4.98 Å². The predicted molar refractivity (Wildman–Crippen MR) is 165 cm³/mol. The third-order valence-electron chi connectivity index (χ3n) is 7.61. The number of carbonyl (C=O) groups is 3. The van der Waals surface area contributed by atoms with E-state index >= 15 is 0 Å². The Morgan fingerprint density at radius 2 is 1.09 bits per heavy atom. The van der Waals surface area contributed by atoms with Crippen molar-refractivity contribution in [1.29, 1.82) is 0 Å². The first-order valence-electron chi connectivity index (χ1n) is 14.7. The highest BCUT2D eigenvalue weighted by molar-refractivity contribution is 5.70. The van der Waals surface area contributed by atoms with Crippen LogP contribution in [0.1, 0.15) is 11.3 Å². The second-order valence-corrected chi connectivity index (χ2v) is 11.1. The topological polar surface area (TPSA) is 151 Å². The first-order chi connectivity index (χ1) is 21.1. The number of hydrogen-bond donors (Lipinski definition) is 3. The summed E-state index contributed by atoms with van der Waals surface area (Å²) in [7, 11) is 0. The standard InChI is InChI=1S/C32H40N6O6/c1-24-5-7-25(8-6-24)26-9-10-28(33-19-26)29-4-2-3-27(34-29)20-35-11-13-36(21-30(39)40)15-17-38(23-32(43)44)18-16-37(14-12-35)22-31(41)42/h2-10,19H,11-18,20-23H2,1H3,(H,39,40)(H,41,42)(H,43,44). The minimum Gasteiger partial charge on any atom is -0.480 e. The lowest BCUT2D eigenvalue weighted by Crippen LogP contribution is -2.48. The van der Waals surface area contributed by atoms with Crippen molar-refractivity contribution in [3.05, 3.63) is 72.1 Å². The number of nitrogens with zero attached hydrogens (tertiary/aromatic N) is 6. The Hall–Kier alpha value is -4.23. The Morgan fingerprint density at radius 3 is 1.55 bits per heavy atom. The predicted octanol–water partition coefficient (Wildman–Crippen LogP) is 2.09. The second-order valence-electron chi connectivity index (χ2n) is 11.1. The summed E-state index contributed by atoms with van der Waals surface area (Å²) in [5.74, 6) is -2.88. The van der Waals surface area contributed by atoms with Crippen LogP contribution in [0.4, 0.5) is 0 Å². The van der Waals surface area contributed by atoms with E-state index in [2.05, 4.69) is 41.1 Å². The van der Waals surface area contributed by atoms with Crippen LogP contribution in [0.15, 0.2) is 60.8 Å². The van der Waals surface area contributed by atoms with Gasteiger partial charge in [-0.25, -0.2) is 4.98 Å². The number of pyridine rings is 2. The Morgan fingerprint density at radius 1 is 0.614 bits per heavy atom. The molecule has 0 radical (unpaired) electrons. The van der Waals surface area contributed by atoms with Crippen molar-refractivity contribution in [2.24, 2.45) is 0 Å². The molecule has 2 aromatic heterocycles. The molecule has 12 heteroatoms. The van der Waals surface area contributed by atoms with Gasteiger partial charge >= 0.3 is 17.9 Å². The second kappa shape index (κ2) is 16.0. The number of aryl methyl sites for hydroxylation is 1. The van der Waals surface area contributed by atoms with E-state index in [9.17, 15) is 29.7 Å². The fraction of sp³-hybridized carbons (Fsp3) is 0.406. The largest absolute Gasteiger partial charge is 0.480 e. The maximum Gasteiger partial charge on any atom is 0.317 e. The lowest BCUT2D eigenvalue weighted by Gasteiger charge is -2.33. The van der Waals surface area contributed by atoms with Gasteiger partial charge in [-0.05, 0) is 30.7 Å². The molecule has 1 aromatic carbocycles. The Balaban J connectivity index is 1.49. The van der Waals surface area contributed by atoms with Crippen molar-refractivity contribution in [2.75, 3.05) is 72.0 Å². The number of hydrogen-bond acceptors (Lipinski definition) is 9. The molecule has 0 spiro atoms. The summed E-state index contributed by atoms with van der Waals surface area (Å²) in [6.45, 7) is 5.48. The SMILES string of the molecule is Cc1ccc(-c2ccc(-c3cccc(CN4CCN(CC(=O)O)CCN(CC(=O)O)CCN(CC(=O)O)CC4)n3)nc2)cc1. The van der Waals surface area contributed by atoms with Crippen molar-refractivity contribution in [2.45, 2.75) is 13.5 Å². The van der Waals surface area contributed by atoms with E-state index < -0.39 is 17.9 Å². The molecule has 1 aliphatic rings. The number of aliphatic carboxylic acids is 3. The molecular formula is C32H40N6O6. The van der Waals surface area contributed by atoms with E-state index in [1.54, 1.807) is 4.90 Å². The molecular weight excluding hydrogens is 564 g/mol. The van der Waals surface area contributed by atoms with Gasteiger partial charge in [0.05, 0.1) is 36.7 Å². The van der Waals surface area contributed by atoms with Gasteiger partial charge in [-0.15, -0.1) is 0 Å². The van der Waals surface area contributed by atoms with E-state index in [-0.39, 0.29) is 19.6 Å². The first kappa shape index (κ1) is 32.7. The van der Waals surface area contributed by atoms with Gasteiger partial charge in [0.1, 0.15) is 0 Å².